The number of aromatic hydroxyl groups is 1. The zero-order chi connectivity index (χ0) is 44.1. The monoisotopic (exact) mass is 834 g/mol. The van der Waals surface area contributed by atoms with Crippen molar-refractivity contribution in [2.24, 2.45) is 29.6 Å². The summed E-state index contributed by atoms with van der Waals surface area (Å²) >= 11 is 0. The van der Waals surface area contributed by atoms with Gasteiger partial charge in [0.1, 0.15) is 5.75 Å². The Morgan fingerprint density at radius 2 is 1.03 bits per heavy atom. The number of imide groups is 2. The molecule has 2 saturated heterocycles. The molecule has 2 aliphatic carbocycles. The van der Waals surface area contributed by atoms with Gasteiger partial charge in [0.15, 0.2) is 11.4 Å². The molecule has 2 aliphatic heterocycles. The summed E-state index contributed by atoms with van der Waals surface area (Å²) in [5.74, 6) is -10.1. The van der Waals surface area contributed by atoms with Gasteiger partial charge in [0, 0.05) is 63.8 Å². The summed E-state index contributed by atoms with van der Waals surface area (Å²) in [6.45, 7) is 0. The maximum Gasteiger partial charge on any atom is 0.301 e. The quantitative estimate of drug-likeness (QED) is 0.0962. The van der Waals surface area contributed by atoms with Gasteiger partial charge in [-0.3, -0.25) is 59.6 Å². The van der Waals surface area contributed by atoms with Crippen LogP contribution in [0.4, 0.5) is 45.5 Å². The van der Waals surface area contributed by atoms with Gasteiger partial charge < -0.3 is 14.9 Å². The smallest absolute Gasteiger partial charge is 0.301 e. The largest absolute Gasteiger partial charge is 0.507 e. The van der Waals surface area contributed by atoms with Crippen LogP contribution in [0.2, 0.25) is 0 Å². The van der Waals surface area contributed by atoms with E-state index in [2.05, 4.69) is 0 Å². The first-order valence-corrected chi connectivity index (χ1v) is 18.8. The highest BCUT2D eigenvalue weighted by molar-refractivity contribution is 6.24. The molecule has 4 aromatic carbocycles. The summed E-state index contributed by atoms with van der Waals surface area (Å²) in [7, 11) is 5.46. The number of fused-ring (bicyclic) bond motifs is 5. The molecule has 21 heteroatoms. The summed E-state index contributed by atoms with van der Waals surface area (Å²) in [6, 6.07) is 13.4. The van der Waals surface area contributed by atoms with Crippen molar-refractivity contribution in [2.75, 3.05) is 47.8 Å². The van der Waals surface area contributed by atoms with Crippen LogP contribution in [0.15, 0.2) is 72.3 Å². The summed E-state index contributed by atoms with van der Waals surface area (Å²) in [6.07, 6.45) is 1.46. The molecule has 2 heterocycles. The molecule has 312 valence electrons. The van der Waals surface area contributed by atoms with Gasteiger partial charge in [0.05, 0.1) is 54.7 Å². The van der Waals surface area contributed by atoms with Crippen LogP contribution in [0.25, 0.3) is 10.8 Å². The third kappa shape index (κ3) is 5.90. The number of carbonyl (C=O) groups is 4. The van der Waals surface area contributed by atoms with Crippen molar-refractivity contribution < 1.29 is 44.0 Å². The highest BCUT2D eigenvalue weighted by atomic mass is 16.6. The molecule has 0 radical (unpaired) electrons. The lowest BCUT2D eigenvalue weighted by molar-refractivity contribution is -0.392. The van der Waals surface area contributed by atoms with Gasteiger partial charge >= 0.3 is 22.7 Å². The Morgan fingerprint density at radius 1 is 0.590 bits per heavy atom. The van der Waals surface area contributed by atoms with Crippen LogP contribution < -0.4 is 19.6 Å². The standard InChI is InChI=1S/C40H34N8O13/c1-41(2)35-27(45(54)55)13-18(14-28(35)46(56)57)43-37(50)24-10-9-23-25(33(24)39(43)52)17-26-34(32(23)22-11-12-31(49)21-8-6-5-7-20(21)22)40(53)44(38(26)51)19-15-29(47(58)59)36(42(3)4)30(16-19)48(60)61/h5-9,11-16,24-26,32-34,49H,10,17H2,1-4H3. The molecule has 3 fully saturated rings. The maximum absolute atomic E-state index is 14.9. The van der Waals surface area contributed by atoms with E-state index in [1.807, 2.05) is 0 Å². The third-order valence-corrected chi connectivity index (χ3v) is 12.2. The number of nitro groups is 4. The molecule has 0 bridgehead atoms. The number of hydrogen-bond donors (Lipinski definition) is 1. The molecular weight excluding hydrogens is 800 g/mol. The highest BCUT2D eigenvalue weighted by Gasteiger charge is 2.63. The van der Waals surface area contributed by atoms with Crippen molar-refractivity contribution in [3.8, 4) is 5.75 Å². The average molecular weight is 835 g/mol. The second-order valence-corrected chi connectivity index (χ2v) is 15.8. The molecule has 1 N–H and O–H groups in total. The summed E-state index contributed by atoms with van der Waals surface area (Å²) in [5.41, 5.74) is -3.49. The number of nitro benzene ring substituents is 4. The minimum Gasteiger partial charge on any atom is -0.507 e. The summed E-state index contributed by atoms with van der Waals surface area (Å²) in [5, 5.41) is 60.7. The molecule has 8 rings (SSSR count). The Hall–Kier alpha value is -7.84. The fourth-order valence-corrected chi connectivity index (χ4v) is 9.93. The van der Waals surface area contributed by atoms with Crippen molar-refractivity contribution in [3.63, 3.8) is 0 Å². The van der Waals surface area contributed by atoms with Crippen LogP contribution in [0.5, 0.6) is 5.75 Å². The average Bonchev–Trinajstić information content (AvgIpc) is 3.62. The number of hydrogen-bond acceptors (Lipinski definition) is 15. The van der Waals surface area contributed by atoms with Crippen LogP contribution in [0.3, 0.4) is 0 Å². The zero-order valence-corrected chi connectivity index (χ0v) is 32.7. The molecular formula is C40H34N8O13. The van der Waals surface area contributed by atoms with Crippen LogP contribution in [0, 0.1) is 70.0 Å². The Balaban J connectivity index is 1.29. The van der Waals surface area contributed by atoms with E-state index < -0.39 is 113 Å². The summed E-state index contributed by atoms with van der Waals surface area (Å²) < 4.78 is 0. The Labute approximate surface area is 343 Å². The summed E-state index contributed by atoms with van der Waals surface area (Å²) in [4.78, 5) is 108. The Kier molecular flexibility index (Phi) is 9.28. The number of benzene rings is 4. The third-order valence-electron chi connectivity index (χ3n) is 12.2. The van der Waals surface area contributed by atoms with Crippen molar-refractivity contribution in [1.82, 2.24) is 0 Å². The molecule has 0 aromatic heterocycles. The van der Waals surface area contributed by atoms with Gasteiger partial charge in [0.25, 0.3) is 0 Å². The predicted molar refractivity (Wildman–Crippen MR) is 216 cm³/mol. The number of nitrogens with zero attached hydrogens (tertiary/aromatic N) is 8. The minimum absolute atomic E-state index is 0.0579. The van der Waals surface area contributed by atoms with E-state index in [1.165, 1.54) is 44.1 Å². The van der Waals surface area contributed by atoms with E-state index >= 15 is 0 Å². The first kappa shape index (κ1) is 40.0. The van der Waals surface area contributed by atoms with Gasteiger partial charge in [-0.2, -0.15) is 0 Å². The van der Waals surface area contributed by atoms with Gasteiger partial charge in [-0.1, -0.05) is 42.0 Å². The van der Waals surface area contributed by atoms with Gasteiger partial charge in [0.2, 0.25) is 23.6 Å². The van der Waals surface area contributed by atoms with E-state index in [0.29, 0.717) is 31.7 Å². The number of amides is 4. The fraction of sp³-hybridized carbons (Fsp3) is 0.300. The topological polar surface area (TPSA) is 274 Å². The molecule has 4 aromatic rings. The Bertz CT molecular complexity index is 2680. The Morgan fingerprint density at radius 3 is 1.49 bits per heavy atom. The lowest BCUT2D eigenvalue weighted by atomic mass is 9.57. The van der Waals surface area contributed by atoms with Crippen LogP contribution in [-0.2, 0) is 19.2 Å². The maximum atomic E-state index is 14.9. The number of phenols is 1. The highest BCUT2D eigenvalue weighted by Crippen LogP contribution is 2.60. The van der Waals surface area contributed by atoms with E-state index in [4.69, 9.17) is 0 Å². The van der Waals surface area contributed by atoms with Crippen molar-refractivity contribution in [2.45, 2.75) is 18.8 Å². The molecule has 6 atom stereocenters. The first-order chi connectivity index (χ1) is 28.8. The lowest BCUT2D eigenvalue weighted by Gasteiger charge is -2.44. The van der Waals surface area contributed by atoms with Crippen LogP contribution >= 0.6 is 0 Å². The van der Waals surface area contributed by atoms with Gasteiger partial charge in [-0.15, -0.1) is 0 Å². The van der Waals surface area contributed by atoms with E-state index in [1.54, 1.807) is 36.4 Å². The second kappa shape index (κ2) is 14.2. The number of rotatable bonds is 9. The number of anilines is 4. The molecule has 6 unspecified atom stereocenters. The normalized spacial score (nSPS) is 23.0. The minimum atomic E-state index is -1.24. The second-order valence-electron chi connectivity index (χ2n) is 15.8. The number of carbonyl (C=O) groups excluding carboxylic acids is 4. The fourth-order valence-electron chi connectivity index (χ4n) is 9.93. The lowest BCUT2D eigenvalue weighted by Crippen LogP contribution is -2.43. The van der Waals surface area contributed by atoms with Crippen LogP contribution in [-0.4, -0.2) is 76.6 Å². The van der Waals surface area contributed by atoms with E-state index in [0.717, 1.165) is 24.3 Å². The van der Waals surface area contributed by atoms with E-state index in [9.17, 15) is 64.7 Å². The SMILES string of the molecule is CN(C)c1c([N+](=O)[O-])cc(N2C(=O)C3CC=C4C(CC5C(=O)N(c6cc([N+](=O)[O-])c(N(C)C)c([N+](=O)[O-])c6)C(=O)C5C4c4ccc(O)c5ccccc45)C3C2=O)cc1[N+](=O)[O-]. The van der Waals surface area contributed by atoms with Crippen molar-refractivity contribution in [1.29, 1.82) is 0 Å². The van der Waals surface area contributed by atoms with E-state index in [-0.39, 0.29) is 30.0 Å². The molecule has 4 amide bonds. The van der Waals surface area contributed by atoms with Crippen LogP contribution in [0.1, 0.15) is 24.3 Å². The van der Waals surface area contributed by atoms with Gasteiger partial charge in [-0.05, 0) is 35.8 Å². The van der Waals surface area contributed by atoms with Crippen molar-refractivity contribution >= 4 is 79.9 Å². The number of phenolic OH excluding ortho intramolecular Hbond substituents is 1. The van der Waals surface area contributed by atoms with Gasteiger partial charge in [-0.25, -0.2) is 9.80 Å². The molecule has 21 nitrogen and oxygen atoms in total. The molecule has 4 aliphatic rings. The number of allylic oxidation sites excluding steroid dienone is 2. The molecule has 0 spiro atoms. The first-order valence-electron chi connectivity index (χ1n) is 18.8. The van der Waals surface area contributed by atoms with Crippen molar-refractivity contribution in [3.05, 3.63) is 118 Å². The molecule has 1 saturated carbocycles. The predicted octanol–water partition coefficient (Wildman–Crippen LogP) is 5.36. The zero-order valence-electron chi connectivity index (χ0n) is 32.7. The molecule has 61 heavy (non-hydrogen) atoms.